The van der Waals surface area contributed by atoms with Crippen LogP contribution in [0.1, 0.15) is 19.5 Å². The number of nitrogens with one attached hydrogen (secondary N) is 1. The van der Waals surface area contributed by atoms with E-state index < -0.39 is 0 Å². The first-order chi connectivity index (χ1) is 8.77. The Morgan fingerprint density at radius 2 is 2.00 bits per heavy atom. The highest BCUT2D eigenvalue weighted by Gasteiger charge is 2.05. The number of rotatable bonds is 6. The molecule has 0 saturated heterocycles. The smallest absolute Gasteiger partial charge is 0.0730 e. The second-order valence-electron chi connectivity index (χ2n) is 4.82. The largest absolute Gasteiger partial charge is 0.316 e. The molecule has 2 aromatic rings. The van der Waals surface area contributed by atoms with Gasteiger partial charge in [-0.2, -0.15) is 0 Å². The SMILES string of the molecule is CC(C)CNCCc1cnnn1-c1ccccc1. The molecule has 4 heteroatoms. The summed E-state index contributed by atoms with van der Waals surface area (Å²) in [6.45, 7) is 6.43. The van der Waals surface area contributed by atoms with Crippen molar-refractivity contribution < 1.29 is 0 Å². The van der Waals surface area contributed by atoms with Crippen molar-refractivity contribution in [2.24, 2.45) is 5.92 Å². The van der Waals surface area contributed by atoms with Crippen LogP contribution in [-0.4, -0.2) is 28.1 Å². The summed E-state index contributed by atoms with van der Waals surface area (Å²) >= 11 is 0. The Labute approximate surface area is 108 Å². The van der Waals surface area contributed by atoms with Gasteiger partial charge in [-0.3, -0.25) is 0 Å². The Balaban J connectivity index is 1.96. The fraction of sp³-hybridized carbons (Fsp3) is 0.429. The van der Waals surface area contributed by atoms with E-state index in [1.54, 1.807) is 0 Å². The molecule has 0 radical (unpaired) electrons. The first kappa shape index (κ1) is 12.8. The van der Waals surface area contributed by atoms with Crippen molar-refractivity contribution in [3.8, 4) is 5.69 Å². The van der Waals surface area contributed by atoms with Gasteiger partial charge in [0.2, 0.25) is 0 Å². The van der Waals surface area contributed by atoms with Crippen LogP contribution in [0, 0.1) is 5.92 Å². The molecule has 0 amide bonds. The molecule has 0 aliphatic carbocycles. The Kier molecular flexibility index (Phi) is 4.47. The van der Waals surface area contributed by atoms with Gasteiger partial charge in [0.1, 0.15) is 0 Å². The molecule has 0 unspecified atom stereocenters. The second-order valence-corrected chi connectivity index (χ2v) is 4.82. The Bertz CT molecular complexity index is 462. The van der Waals surface area contributed by atoms with E-state index >= 15 is 0 Å². The first-order valence-corrected chi connectivity index (χ1v) is 6.43. The average molecular weight is 244 g/mol. The molecule has 0 fully saturated rings. The molecule has 0 bridgehead atoms. The normalized spacial score (nSPS) is 11.1. The fourth-order valence-electron chi connectivity index (χ4n) is 1.82. The number of hydrogen-bond acceptors (Lipinski definition) is 3. The maximum Gasteiger partial charge on any atom is 0.0730 e. The van der Waals surface area contributed by atoms with Crippen molar-refractivity contribution >= 4 is 0 Å². The molecule has 2 rings (SSSR count). The third-order valence-electron chi connectivity index (χ3n) is 2.73. The van der Waals surface area contributed by atoms with Gasteiger partial charge in [0, 0.05) is 13.0 Å². The highest BCUT2D eigenvalue weighted by molar-refractivity contribution is 5.31. The molecule has 1 N–H and O–H groups in total. The highest BCUT2D eigenvalue weighted by atomic mass is 15.4. The lowest BCUT2D eigenvalue weighted by Crippen LogP contribution is -2.22. The van der Waals surface area contributed by atoms with Gasteiger partial charge in [0.05, 0.1) is 17.6 Å². The van der Waals surface area contributed by atoms with Crippen LogP contribution >= 0.6 is 0 Å². The van der Waals surface area contributed by atoms with E-state index in [4.69, 9.17) is 0 Å². The van der Waals surface area contributed by atoms with Gasteiger partial charge in [0.15, 0.2) is 0 Å². The lowest BCUT2D eigenvalue weighted by molar-refractivity contribution is 0.550. The number of nitrogens with zero attached hydrogens (tertiary/aromatic N) is 3. The quantitative estimate of drug-likeness (QED) is 0.791. The topological polar surface area (TPSA) is 42.7 Å². The van der Waals surface area contributed by atoms with Crippen molar-refractivity contribution in [1.29, 1.82) is 0 Å². The third kappa shape index (κ3) is 3.40. The summed E-state index contributed by atoms with van der Waals surface area (Å²) in [6.07, 6.45) is 2.78. The molecule has 1 aromatic heterocycles. The highest BCUT2D eigenvalue weighted by Crippen LogP contribution is 2.08. The molecule has 96 valence electrons. The fourth-order valence-corrected chi connectivity index (χ4v) is 1.82. The minimum absolute atomic E-state index is 0.683. The first-order valence-electron chi connectivity index (χ1n) is 6.43. The summed E-state index contributed by atoms with van der Waals surface area (Å²) in [4.78, 5) is 0. The molecule has 1 heterocycles. The molecule has 18 heavy (non-hydrogen) atoms. The van der Waals surface area contributed by atoms with Crippen LogP contribution < -0.4 is 5.32 Å². The van der Waals surface area contributed by atoms with Gasteiger partial charge in [-0.1, -0.05) is 37.3 Å². The van der Waals surface area contributed by atoms with Crippen LogP contribution in [0.3, 0.4) is 0 Å². The van der Waals surface area contributed by atoms with Gasteiger partial charge in [-0.25, -0.2) is 4.68 Å². The number of para-hydroxylation sites is 1. The van der Waals surface area contributed by atoms with Crippen molar-refractivity contribution in [3.05, 3.63) is 42.2 Å². The predicted molar refractivity (Wildman–Crippen MR) is 72.8 cm³/mol. The van der Waals surface area contributed by atoms with Gasteiger partial charge in [-0.15, -0.1) is 5.10 Å². The van der Waals surface area contributed by atoms with Crippen molar-refractivity contribution in [2.45, 2.75) is 20.3 Å². The Hall–Kier alpha value is -1.68. The van der Waals surface area contributed by atoms with E-state index in [9.17, 15) is 0 Å². The maximum atomic E-state index is 4.14. The van der Waals surface area contributed by atoms with Gasteiger partial charge < -0.3 is 5.32 Å². The molecule has 1 aromatic carbocycles. The maximum absolute atomic E-state index is 4.14. The van der Waals surface area contributed by atoms with E-state index in [-0.39, 0.29) is 0 Å². The standard InChI is InChI=1S/C14H20N4/c1-12(2)10-15-9-8-14-11-16-17-18(14)13-6-4-3-5-7-13/h3-7,11-12,15H,8-10H2,1-2H3. The molecular formula is C14H20N4. The van der Waals surface area contributed by atoms with Crippen LogP contribution in [0.5, 0.6) is 0 Å². The summed E-state index contributed by atoms with van der Waals surface area (Å²) in [5.74, 6) is 0.683. The summed E-state index contributed by atoms with van der Waals surface area (Å²) in [6, 6.07) is 10.1. The van der Waals surface area contributed by atoms with E-state index in [2.05, 4.69) is 29.5 Å². The van der Waals surface area contributed by atoms with E-state index in [1.807, 2.05) is 41.2 Å². The molecule has 0 atom stereocenters. The number of benzene rings is 1. The summed E-state index contributed by atoms with van der Waals surface area (Å²) in [5.41, 5.74) is 2.20. The summed E-state index contributed by atoms with van der Waals surface area (Å²) in [5, 5.41) is 11.6. The van der Waals surface area contributed by atoms with Gasteiger partial charge >= 0.3 is 0 Å². The van der Waals surface area contributed by atoms with Crippen molar-refractivity contribution in [2.75, 3.05) is 13.1 Å². The van der Waals surface area contributed by atoms with E-state index in [0.29, 0.717) is 5.92 Å². The molecular weight excluding hydrogens is 224 g/mol. The zero-order valence-electron chi connectivity index (χ0n) is 11.0. The molecule has 0 aliphatic rings. The lowest BCUT2D eigenvalue weighted by atomic mass is 10.2. The Morgan fingerprint density at radius 1 is 1.22 bits per heavy atom. The van der Waals surface area contributed by atoms with Crippen molar-refractivity contribution in [3.63, 3.8) is 0 Å². The molecule has 4 nitrogen and oxygen atoms in total. The third-order valence-corrected chi connectivity index (χ3v) is 2.73. The average Bonchev–Trinajstić information content (AvgIpc) is 2.84. The lowest BCUT2D eigenvalue weighted by Gasteiger charge is -2.08. The van der Waals surface area contributed by atoms with E-state index in [1.165, 1.54) is 0 Å². The van der Waals surface area contributed by atoms with Crippen molar-refractivity contribution in [1.82, 2.24) is 20.3 Å². The van der Waals surface area contributed by atoms with Crippen LogP contribution in [0.15, 0.2) is 36.5 Å². The molecule has 0 aliphatic heterocycles. The second kappa shape index (κ2) is 6.31. The van der Waals surface area contributed by atoms with Gasteiger partial charge in [0.25, 0.3) is 0 Å². The van der Waals surface area contributed by atoms with Gasteiger partial charge in [-0.05, 0) is 24.6 Å². The minimum Gasteiger partial charge on any atom is -0.316 e. The Morgan fingerprint density at radius 3 is 2.72 bits per heavy atom. The predicted octanol–water partition coefficient (Wildman–Crippen LogP) is 2.06. The van der Waals surface area contributed by atoms with Crippen LogP contribution in [0.4, 0.5) is 0 Å². The van der Waals surface area contributed by atoms with Crippen LogP contribution in [0.2, 0.25) is 0 Å². The van der Waals surface area contributed by atoms with Crippen LogP contribution in [-0.2, 0) is 6.42 Å². The zero-order chi connectivity index (χ0) is 12.8. The molecule has 0 saturated carbocycles. The monoisotopic (exact) mass is 244 g/mol. The molecule has 0 spiro atoms. The van der Waals surface area contributed by atoms with Crippen LogP contribution in [0.25, 0.3) is 5.69 Å². The summed E-state index contributed by atoms with van der Waals surface area (Å²) < 4.78 is 1.90. The minimum atomic E-state index is 0.683. The van der Waals surface area contributed by atoms with E-state index in [0.717, 1.165) is 30.9 Å². The number of hydrogen-bond donors (Lipinski definition) is 1. The number of aromatic nitrogens is 3. The zero-order valence-corrected chi connectivity index (χ0v) is 11.0. The summed E-state index contributed by atoms with van der Waals surface area (Å²) in [7, 11) is 0.